The maximum atomic E-state index is 13.7. The average molecular weight is 265 g/mol. The van der Waals surface area contributed by atoms with E-state index in [1.54, 1.807) is 0 Å². The van der Waals surface area contributed by atoms with Gasteiger partial charge in [0.2, 0.25) is 0 Å². The van der Waals surface area contributed by atoms with Crippen molar-refractivity contribution in [2.45, 2.75) is 5.92 Å². The molecule has 0 radical (unpaired) electrons. The summed E-state index contributed by atoms with van der Waals surface area (Å²) in [5, 5.41) is 20.8. The summed E-state index contributed by atoms with van der Waals surface area (Å²) in [5.41, 5.74) is 1.45. The molecule has 3 nitrogen and oxygen atoms in total. The Labute approximate surface area is 116 Å². The Morgan fingerprint density at radius 1 is 1.10 bits per heavy atom. The Balaban J connectivity index is 2.08. The van der Waals surface area contributed by atoms with Gasteiger partial charge in [-0.1, -0.05) is 30.3 Å². The summed E-state index contributed by atoms with van der Waals surface area (Å²) in [6, 6.07) is 17.6. The van der Waals surface area contributed by atoms with Gasteiger partial charge in [0.25, 0.3) is 0 Å². The molecule has 0 aliphatic heterocycles. The molecule has 2 aromatic carbocycles. The molecule has 1 atom stereocenters. The highest BCUT2D eigenvalue weighted by atomic mass is 19.1. The van der Waals surface area contributed by atoms with Crippen molar-refractivity contribution in [1.82, 2.24) is 0 Å². The smallest absolute Gasteiger partial charge is 0.147 e. The number of nitrogens with one attached hydrogen (secondary N) is 1. The minimum atomic E-state index is -0.492. The monoisotopic (exact) mass is 265 g/mol. The highest BCUT2D eigenvalue weighted by Crippen LogP contribution is 2.19. The van der Waals surface area contributed by atoms with Crippen LogP contribution < -0.4 is 5.32 Å². The highest BCUT2D eigenvalue weighted by molar-refractivity contribution is 5.49. The summed E-state index contributed by atoms with van der Waals surface area (Å²) in [4.78, 5) is 0. The fraction of sp³-hybridized carbons (Fsp3) is 0.125. The van der Waals surface area contributed by atoms with Crippen LogP contribution in [0.2, 0.25) is 0 Å². The maximum absolute atomic E-state index is 13.7. The first kappa shape index (κ1) is 13.6. The van der Waals surface area contributed by atoms with Crippen LogP contribution in [0.5, 0.6) is 0 Å². The van der Waals surface area contributed by atoms with Gasteiger partial charge in [0.1, 0.15) is 5.82 Å². The molecule has 0 aliphatic rings. The summed E-state index contributed by atoms with van der Waals surface area (Å²) >= 11 is 0. The van der Waals surface area contributed by atoms with Gasteiger partial charge in [-0.15, -0.1) is 0 Å². The Morgan fingerprint density at radius 3 is 2.45 bits per heavy atom. The van der Waals surface area contributed by atoms with Gasteiger partial charge >= 0.3 is 0 Å². The number of hydrogen-bond acceptors (Lipinski definition) is 3. The van der Waals surface area contributed by atoms with E-state index in [1.165, 1.54) is 18.2 Å². The normalized spacial score (nSPS) is 11.2. The van der Waals surface area contributed by atoms with Gasteiger partial charge in [-0.3, -0.25) is 0 Å². The number of anilines is 1. The minimum absolute atomic E-state index is 0.271. The Kier molecular flexibility index (Phi) is 4.32. The number of nitriles is 2. The number of rotatable bonds is 4. The average Bonchev–Trinajstić information content (AvgIpc) is 2.50. The van der Waals surface area contributed by atoms with Gasteiger partial charge < -0.3 is 5.32 Å². The van der Waals surface area contributed by atoms with Crippen LogP contribution in [0.25, 0.3) is 0 Å². The van der Waals surface area contributed by atoms with Gasteiger partial charge in [0, 0.05) is 6.54 Å². The minimum Gasteiger partial charge on any atom is -0.381 e. The van der Waals surface area contributed by atoms with Gasteiger partial charge in [0.05, 0.1) is 29.3 Å². The van der Waals surface area contributed by atoms with Crippen LogP contribution >= 0.6 is 0 Å². The molecule has 0 fully saturated rings. The molecule has 0 amide bonds. The summed E-state index contributed by atoms with van der Waals surface area (Å²) < 4.78 is 13.7. The topological polar surface area (TPSA) is 59.6 Å². The van der Waals surface area contributed by atoms with Crippen molar-refractivity contribution >= 4 is 5.69 Å². The lowest BCUT2D eigenvalue weighted by Gasteiger charge is -2.12. The molecule has 2 aromatic rings. The lowest BCUT2D eigenvalue weighted by molar-refractivity contribution is 0.629. The third kappa shape index (κ3) is 3.13. The van der Waals surface area contributed by atoms with Crippen LogP contribution in [0.15, 0.2) is 48.5 Å². The van der Waals surface area contributed by atoms with E-state index in [4.69, 9.17) is 5.26 Å². The van der Waals surface area contributed by atoms with Crippen molar-refractivity contribution in [3.8, 4) is 12.1 Å². The summed E-state index contributed by atoms with van der Waals surface area (Å²) in [6.07, 6.45) is 0. The second-order valence-electron chi connectivity index (χ2n) is 4.28. The maximum Gasteiger partial charge on any atom is 0.147 e. The van der Waals surface area contributed by atoms with Crippen molar-refractivity contribution in [1.29, 1.82) is 10.5 Å². The van der Waals surface area contributed by atoms with Gasteiger partial charge in [0.15, 0.2) is 0 Å². The number of hydrogen-bond donors (Lipinski definition) is 1. The molecule has 4 heteroatoms. The predicted octanol–water partition coefficient (Wildman–Crippen LogP) is 3.42. The van der Waals surface area contributed by atoms with Crippen LogP contribution in [0.1, 0.15) is 17.0 Å². The Morgan fingerprint density at radius 2 is 1.85 bits per heavy atom. The van der Waals surface area contributed by atoms with Crippen molar-refractivity contribution in [3.63, 3.8) is 0 Å². The lowest BCUT2D eigenvalue weighted by atomic mass is 10.0. The third-order valence-corrected chi connectivity index (χ3v) is 2.95. The van der Waals surface area contributed by atoms with Crippen molar-refractivity contribution in [2.24, 2.45) is 0 Å². The Hall–Kier alpha value is -2.85. The zero-order valence-electron chi connectivity index (χ0n) is 10.7. The summed E-state index contributed by atoms with van der Waals surface area (Å²) in [7, 11) is 0. The summed E-state index contributed by atoms with van der Waals surface area (Å²) in [5.74, 6) is -0.847. The van der Waals surface area contributed by atoms with Gasteiger partial charge in [-0.2, -0.15) is 10.5 Å². The molecule has 2 rings (SSSR count). The van der Waals surface area contributed by atoms with Crippen LogP contribution in [0, 0.1) is 28.5 Å². The van der Waals surface area contributed by atoms with Crippen molar-refractivity contribution < 1.29 is 4.39 Å². The summed E-state index contributed by atoms with van der Waals surface area (Å²) in [6.45, 7) is 0.309. The van der Waals surface area contributed by atoms with E-state index in [2.05, 4.69) is 11.4 Å². The largest absolute Gasteiger partial charge is 0.381 e. The molecule has 0 saturated heterocycles. The molecule has 1 N–H and O–H groups in total. The van der Waals surface area contributed by atoms with Gasteiger partial charge in [-0.05, 0) is 23.8 Å². The second kappa shape index (κ2) is 6.36. The van der Waals surface area contributed by atoms with Crippen LogP contribution in [-0.4, -0.2) is 6.54 Å². The predicted molar refractivity (Wildman–Crippen MR) is 74.4 cm³/mol. The molecule has 0 aliphatic carbocycles. The molecule has 98 valence electrons. The van der Waals surface area contributed by atoms with Crippen LogP contribution in [0.4, 0.5) is 10.1 Å². The molecule has 0 aromatic heterocycles. The van der Waals surface area contributed by atoms with E-state index in [-0.39, 0.29) is 11.5 Å². The van der Waals surface area contributed by atoms with Crippen LogP contribution in [0.3, 0.4) is 0 Å². The van der Waals surface area contributed by atoms with E-state index in [1.807, 2.05) is 36.4 Å². The molecule has 0 heterocycles. The first-order chi connectivity index (χ1) is 9.74. The SMILES string of the molecule is N#Cc1ccc(NCC(C#N)c2ccccc2)c(F)c1. The molecule has 20 heavy (non-hydrogen) atoms. The fourth-order valence-corrected chi connectivity index (χ4v) is 1.86. The quantitative estimate of drug-likeness (QED) is 0.921. The highest BCUT2D eigenvalue weighted by Gasteiger charge is 2.11. The first-order valence-electron chi connectivity index (χ1n) is 6.12. The van der Waals surface area contributed by atoms with E-state index < -0.39 is 5.82 Å². The van der Waals surface area contributed by atoms with E-state index >= 15 is 0 Å². The van der Waals surface area contributed by atoms with Gasteiger partial charge in [-0.25, -0.2) is 4.39 Å². The standard InChI is InChI=1S/C16H12FN3/c17-15-8-12(9-18)6-7-16(15)20-11-14(10-19)13-4-2-1-3-5-13/h1-8,14,20H,11H2. The first-order valence-corrected chi connectivity index (χ1v) is 6.12. The van der Waals surface area contributed by atoms with Crippen LogP contribution in [-0.2, 0) is 0 Å². The second-order valence-corrected chi connectivity index (χ2v) is 4.28. The molecular formula is C16H12FN3. The van der Waals surface area contributed by atoms with E-state index in [0.717, 1.165) is 5.56 Å². The molecule has 0 spiro atoms. The zero-order chi connectivity index (χ0) is 14.4. The van der Waals surface area contributed by atoms with E-state index in [9.17, 15) is 9.65 Å². The molecule has 0 bridgehead atoms. The number of halogens is 1. The Bertz CT molecular complexity index is 668. The van der Waals surface area contributed by atoms with Crippen molar-refractivity contribution in [3.05, 3.63) is 65.5 Å². The molecular weight excluding hydrogens is 253 g/mol. The number of nitrogens with zero attached hydrogens (tertiary/aromatic N) is 2. The zero-order valence-corrected chi connectivity index (χ0v) is 10.7. The molecule has 1 unspecified atom stereocenters. The third-order valence-electron chi connectivity index (χ3n) is 2.95. The van der Waals surface area contributed by atoms with Crippen molar-refractivity contribution in [2.75, 3.05) is 11.9 Å². The lowest BCUT2D eigenvalue weighted by Crippen LogP contribution is -2.12. The number of benzene rings is 2. The van der Waals surface area contributed by atoms with E-state index in [0.29, 0.717) is 12.2 Å². The fourth-order valence-electron chi connectivity index (χ4n) is 1.86. The molecule has 0 saturated carbocycles.